The average Bonchev–Trinajstić information content (AvgIpc) is 2.85. The van der Waals surface area contributed by atoms with Crippen molar-refractivity contribution in [2.75, 3.05) is 45.8 Å². The minimum Gasteiger partial charge on any atom is -0.390 e. The number of rotatable bonds is 3. The molecule has 0 amide bonds. The van der Waals surface area contributed by atoms with Crippen molar-refractivity contribution in [1.29, 1.82) is 0 Å². The predicted octanol–water partition coefficient (Wildman–Crippen LogP) is 2.00. The zero-order chi connectivity index (χ0) is 17.4. The predicted molar refractivity (Wildman–Crippen MR) is 102 cm³/mol. The fourth-order valence-electron chi connectivity index (χ4n) is 5.41. The fourth-order valence-corrected chi connectivity index (χ4v) is 5.41. The lowest BCUT2D eigenvalue weighted by molar-refractivity contribution is -0.0189. The molecule has 2 fully saturated rings. The van der Waals surface area contributed by atoms with E-state index in [1.54, 1.807) is 0 Å². The molecular formula is C21H33N3O. The molecule has 1 aromatic rings. The van der Waals surface area contributed by atoms with Crippen LogP contribution in [0.15, 0.2) is 24.3 Å². The lowest BCUT2D eigenvalue weighted by Crippen LogP contribution is -2.53. The SMILES string of the molecule is CC(C)CN1CCN([C@@H]2c3ccccc3C3(CCNCC3)[C@H]2O)CC1. The van der Waals surface area contributed by atoms with E-state index in [9.17, 15) is 5.11 Å². The van der Waals surface area contributed by atoms with E-state index in [0.717, 1.165) is 58.0 Å². The highest BCUT2D eigenvalue weighted by molar-refractivity contribution is 5.45. The Morgan fingerprint density at radius 1 is 1.12 bits per heavy atom. The van der Waals surface area contributed by atoms with Crippen LogP contribution >= 0.6 is 0 Å². The summed E-state index contributed by atoms with van der Waals surface area (Å²) in [5.41, 5.74) is 2.76. The highest BCUT2D eigenvalue weighted by Crippen LogP contribution is 2.52. The highest BCUT2D eigenvalue weighted by Gasteiger charge is 2.53. The smallest absolute Gasteiger partial charge is 0.0834 e. The zero-order valence-electron chi connectivity index (χ0n) is 15.7. The first-order chi connectivity index (χ1) is 12.1. The van der Waals surface area contributed by atoms with E-state index in [-0.39, 0.29) is 17.6 Å². The Bertz CT molecular complexity index is 589. The topological polar surface area (TPSA) is 38.7 Å². The summed E-state index contributed by atoms with van der Waals surface area (Å²) in [5.74, 6) is 0.724. The summed E-state index contributed by atoms with van der Waals surface area (Å²) in [6.07, 6.45) is 1.83. The second-order valence-electron chi connectivity index (χ2n) is 8.61. The lowest BCUT2D eigenvalue weighted by atomic mass is 9.72. The van der Waals surface area contributed by atoms with Gasteiger partial charge in [0, 0.05) is 38.1 Å². The van der Waals surface area contributed by atoms with Crippen molar-refractivity contribution in [3.05, 3.63) is 35.4 Å². The number of nitrogens with one attached hydrogen (secondary N) is 1. The zero-order valence-corrected chi connectivity index (χ0v) is 15.7. The molecule has 1 spiro atoms. The summed E-state index contributed by atoms with van der Waals surface area (Å²) in [7, 11) is 0. The Hall–Kier alpha value is -0.940. The van der Waals surface area contributed by atoms with Gasteiger partial charge in [-0.05, 0) is 43.0 Å². The molecule has 25 heavy (non-hydrogen) atoms. The summed E-state index contributed by atoms with van der Waals surface area (Å²) >= 11 is 0. The van der Waals surface area contributed by atoms with E-state index >= 15 is 0 Å². The van der Waals surface area contributed by atoms with Gasteiger partial charge >= 0.3 is 0 Å². The van der Waals surface area contributed by atoms with Crippen LogP contribution in [0.3, 0.4) is 0 Å². The van der Waals surface area contributed by atoms with Crippen LogP contribution in [0.4, 0.5) is 0 Å². The van der Waals surface area contributed by atoms with Crippen LogP contribution in [-0.4, -0.2) is 66.8 Å². The fraction of sp³-hybridized carbons (Fsp3) is 0.714. The molecule has 2 heterocycles. The van der Waals surface area contributed by atoms with Crippen LogP contribution in [-0.2, 0) is 5.41 Å². The number of aliphatic hydroxyl groups is 1. The summed E-state index contributed by atoms with van der Waals surface area (Å²) in [5, 5.41) is 14.9. The molecule has 0 unspecified atom stereocenters. The number of hydrogen-bond donors (Lipinski definition) is 2. The van der Waals surface area contributed by atoms with Gasteiger partial charge in [-0.1, -0.05) is 38.1 Å². The molecule has 0 radical (unpaired) electrons. The third-order valence-corrected chi connectivity index (χ3v) is 6.60. The van der Waals surface area contributed by atoms with Crippen LogP contribution in [0, 0.1) is 5.92 Å². The molecule has 4 rings (SSSR count). The number of fused-ring (bicyclic) bond motifs is 2. The molecule has 0 aromatic heterocycles. The van der Waals surface area contributed by atoms with E-state index < -0.39 is 0 Å². The Labute approximate surface area is 152 Å². The van der Waals surface area contributed by atoms with E-state index in [0.29, 0.717) is 0 Å². The van der Waals surface area contributed by atoms with Crippen LogP contribution < -0.4 is 5.32 Å². The van der Waals surface area contributed by atoms with Crippen LogP contribution in [0.5, 0.6) is 0 Å². The van der Waals surface area contributed by atoms with Crippen molar-refractivity contribution in [2.45, 2.75) is 44.2 Å². The maximum atomic E-state index is 11.5. The summed E-state index contributed by atoms with van der Waals surface area (Å²) < 4.78 is 0. The average molecular weight is 344 g/mol. The molecule has 2 aliphatic heterocycles. The maximum absolute atomic E-state index is 11.5. The molecule has 2 saturated heterocycles. The number of piperidine rings is 1. The normalized spacial score (nSPS) is 30.1. The van der Waals surface area contributed by atoms with Gasteiger partial charge in [0.25, 0.3) is 0 Å². The summed E-state index contributed by atoms with van der Waals surface area (Å²) in [4.78, 5) is 5.13. The Kier molecular flexibility index (Phi) is 4.89. The standard InChI is InChI=1S/C21H33N3O/c1-16(2)15-23-11-13-24(14-12-23)19-17-5-3-4-6-18(17)21(20(19)25)7-9-22-10-8-21/h3-6,16,19-20,22,25H,7-15H2,1-2H3/t19-,20+/m1/s1. The molecule has 138 valence electrons. The van der Waals surface area contributed by atoms with Crippen molar-refractivity contribution in [3.63, 3.8) is 0 Å². The van der Waals surface area contributed by atoms with E-state index in [2.05, 4.69) is 53.2 Å². The van der Waals surface area contributed by atoms with Gasteiger partial charge in [-0.15, -0.1) is 0 Å². The molecular weight excluding hydrogens is 310 g/mol. The van der Waals surface area contributed by atoms with Crippen LogP contribution in [0.2, 0.25) is 0 Å². The molecule has 0 saturated carbocycles. The van der Waals surface area contributed by atoms with Gasteiger partial charge in [-0.25, -0.2) is 0 Å². The third kappa shape index (κ3) is 3.03. The number of aliphatic hydroxyl groups excluding tert-OH is 1. The van der Waals surface area contributed by atoms with Gasteiger partial charge in [0.15, 0.2) is 0 Å². The van der Waals surface area contributed by atoms with Gasteiger partial charge in [-0.3, -0.25) is 4.90 Å². The van der Waals surface area contributed by atoms with Crippen molar-refractivity contribution in [2.24, 2.45) is 5.92 Å². The number of nitrogens with zero attached hydrogens (tertiary/aromatic N) is 2. The monoisotopic (exact) mass is 343 g/mol. The molecule has 1 aromatic carbocycles. The highest BCUT2D eigenvalue weighted by atomic mass is 16.3. The summed E-state index contributed by atoms with van der Waals surface area (Å²) in [6.45, 7) is 12.2. The van der Waals surface area contributed by atoms with E-state index in [1.165, 1.54) is 17.7 Å². The van der Waals surface area contributed by atoms with Gasteiger partial charge in [0.05, 0.1) is 12.1 Å². The molecule has 2 N–H and O–H groups in total. The van der Waals surface area contributed by atoms with Crippen LogP contribution in [0.1, 0.15) is 43.9 Å². The molecule has 4 heteroatoms. The Morgan fingerprint density at radius 2 is 1.80 bits per heavy atom. The van der Waals surface area contributed by atoms with Gasteiger partial charge in [-0.2, -0.15) is 0 Å². The molecule has 2 atom stereocenters. The Balaban J connectivity index is 1.56. The van der Waals surface area contributed by atoms with Gasteiger partial charge < -0.3 is 15.3 Å². The first kappa shape index (κ1) is 17.5. The molecule has 0 bridgehead atoms. The first-order valence-corrected chi connectivity index (χ1v) is 10.1. The second kappa shape index (κ2) is 6.99. The van der Waals surface area contributed by atoms with Crippen molar-refractivity contribution >= 4 is 0 Å². The minimum absolute atomic E-state index is 0.0401. The quantitative estimate of drug-likeness (QED) is 0.880. The van der Waals surface area contributed by atoms with E-state index in [4.69, 9.17) is 0 Å². The third-order valence-electron chi connectivity index (χ3n) is 6.60. The molecule has 3 aliphatic rings. The minimum atomic E-state index is -0.274. The van der Waals surface area contributed by atoms with E-state index in [1.807, 2.05) is 0 Å². The van der Waals surface area contributed by atoms with Gasteiger partial charge in [0.1, 0.15) is 0 Å². The molecule has 4 nitrogen and oxygen atoms in total. The maximum Gasteiger partial charge on any atom is 0.0834 e. The van der Waals surface area contributed by atoms with Crippen molar-refractivity contribution < 1.29 is 5.11 Å². The lowest BCUT2D eigenvalue weighted by Gasteiger charge is -2.43. The summed E-state index contributed by atoms with van der Waals surface area (Å²) in [6, 6.07) is 9.02. The Morgan fingerprint density at radius 3 is 2.48 bits per heavy atom. The molecule has 1 aliphatic carbocycles. The van der Waals surface area contributed by atoms with Crippen molar-refractivity contribution in [1.82, 2.24) is 15.1 Å². The van der Waals surface area contributed by atoms with Crippen LogP contribution in [0.25, 0.3) is 0 Å². The second-order valence-corrected chi connectivity index (χ2v) is 8.61. The largest absolute Gasteiger partial charge is 0.390 e. The number of piperazine rings is 1. The van der Waals surface area contributed by atoms with Gasteiger partial charge in [0.2, 0.25) is 0 Å². The van der Waals surface area contributed by atoms with Crippen molar-refractivity contribution in [3.8, 4) is 0 Å². The number of benzene rings is 1. The number of hydrogen-bond acceptors (Lipinski definition) is 4. The first-order valence-electron chi connectivity index (χ1n) is 10.1.